The van der Waals surface area contributed by atoms with Crippen LogP contribution in [0.25, 0.3) is 42.4 Å². The Bertz CT molecular complexity index is 4070. The fourth-order valence-electron chi connectivity index (χ4n) is 15.9. The van der Waals surface area contributed by atoms with Crippen molar-refractivity contribution in [3.8, 4) is 5.75 Å². The van der Waals surface area contributed by atoms with Gasteiger partial charge in [-0.15, -0.1) is 11.3 Å². The van der Waals surface area contributed by atoms with Crippen molar-refractivity contribution in [3.63, 3.8) is 0 Å². The average Bonchev–Trinajstić information content (AvgIpc) is 1.59. The smallest absolute Gasteiger partial charge is 0.182 e. The zero-order valence-corrected chi connectivity index (χ0v) is 73.7. The number of oxazole rings is 1. The van der Waals surface area contributed by atoms with E-state index in [9.17, 15) is 0 Å². The average molecular weight is 1480 g/mol. The van der Waals surface area contributed by atoms with E-state index in [2.05, 4.69) is 311 Å². The van der Waals surface area contributed by atoms with Crippen LogP contribution in [0, 0.1) is 0 Å². The van der Waals surface area contributed by atoms with E-state index in [1.807, 2.05) is 17.9 Å². The van der Waals surface area contributed by atoms with Crippen molar-refractivity contribution >= 4 is 78.5 Å². The number of aromatic nitrogens is 4. The van der Waals surface area contributed by atoms with E-state index in [0.29, 0.717) is 82.9 Å². The summed E-state index contributed by atoms with van der Waals surface area (Å²) in [5.41, 5.74) is 32.6. The molecule has 0 amide bonds. The van der Waals surface area contributed by atoms with Gasteiger partial charge in [0.15, 0.2) is 17.6 Å². The van der Waals surface area contributed by atoms with Crippen LogP contribution in [-0.2, 0) is 25.7 Å². The second-order valence-corrected chi connectivity index (χ2v) is 41.6. The van der Waals surface area contributed by atoms with E-state index in [0.717, 1.165) is 35.1 Å². The van der Waals surface area contributed by atoms with Crippen molar-refractivity contribution < 1.29 is 13.7 Å². The predicted molar refractivity (Wildman–Crippen MR) is 466 cm³/mol. The molecule has 2 aliphatic heterocycles. The number of thiazole rings is 1. The molecule has 7 nitrogen and oxygen atoms in total. The number of fused-ring (bicyclic) bond motifs is 7. The van der Waals surface area contributed by atoms with Crippen molar-refractivity contribution in [1.82, 2.24) is 19.5 Å². The topological polar surface area (TPSA) is 87.1 Å². The summed E-state index contributed by atoms with van der Waals surface area (Å²) in [6.45, 7) is 68.8. The van der Waals surface area contributed by atoms with Gasteiger partial charge in [0.05, 0.1) is 41.3 Å². The van der Waals surface area contributed by atoms with Crippen molar-refractivity contribution in [2.45, 2.75) is 322 Å². The molecule has 0 bridgehead atoms. The number of ether oxygens (including phenoxy) is 1. The van der Waals surface area contributed by atoms with Crippen LogP contribution < -0.4 is 9.92 Å². The number of hydrogen-bond acceptors (Lipinski definition) is 9. The first-order chi connectivity index (χ1) is 50.0. The summed E-state index contributed by atoms with van der Waals surface area (Å²) in [6, 6.07) is 33.2. The highest BCUT2D eigenvalue weighted by atomic mass is 32.1. The Labute approximate surface area is 650 Å². The first-order valence-electron chi connectivity index (χ1n) is 40.6. The molecule has 10 heteroatoms. The fourth-order valence-corrected chi connectivity index (χ4v) is 21.2. The van der Waals surface area contributed by atoms with E-state index >= 15 is 0 Å². The van der Waals surface area contributed by atoms with Gasteiger partial charge < -0.3 is 13.7 Å². The minimum absolute atomic E-state index is 0.474. The molecule has 7 aromatic carbocycles. The highest BCUT2D eigenvalue weighted by molar-refractivity contribution is 7.17. The maximum atomic E-state index is 5.78. The number of nitrogens with zero attached hydrogens (tertiary/aromatic N) is 4. The summed E-state index contributed by atoms with van der Waals surface area (Å²) in [7, 11) is -1.15. The van der Waals surface area contributed by atoms with E-state index in [1.165, 1.54) is 113 Å². The van der Waals surface area contributed by atoms with Crippen LogP contribution in [0.4, 0.5) is 0 Å². The van der Waals surface area contributed by atoms with Crippen LogP contribution in [-0.4, -0.2) is 34.2 Å². The lowest BCUT2D eigenvalue weighted by atomic mass is 9.76. The molecule has 14 rings (SSSR count). The van der Waals surface area contributed by atoms with Gasteiger partial charge >= 0.3 is 0 Å². The molecular formula is C96H134N4O3S2Si. The van der Waals surface area contributed by atoms with Gasteiger partial charge in [0.1, 0.15) is 11.3 Å². The first kappa shape index (κ1) is 84.9. The lowest BCUT2D eigenvalue weighted by Crippen LogP contribution is -2.41. The zero-order chi connectivity index (χ0) is 78.1. The maximum Gasteiger partial charge on any atom is 0.182 e. The molecule has 0 atom stereocenters. The molecule has 1 aliphatic carbocycles. The normalized spacial score (nSPS) is 13.5. The third kappa shape index (κ3) is 19.5. The van der Waals surface area contributed by atoms with Gasteiger partial charge in [-0.3, -0.25) is 0 Å². The number of benzene rings is 7. The first-order valence-corrected chi connectivity index (χ1v) is 45.4. The van der Waals surface area contributed by atoms with Crippen LogP contribution in [0.2, 0.25) is 19.1 Å². The molecule has 0 saturated heterocycles. The third-order valence-corrected chi connectivity index (χ3v) is 27.3. The highest BCUT2D eigenvalue weighted by Gasteiger charge is 2.36. The van der Waals surface area contributed by atoms with Gasteiger partial charge in [-0.25, -0.2) is 9.97 Å². The second-order valence-electron chi connectivity index (χ2n) is 35.2. The molecular weight excluding hydrogens is 1350 g/mol. The summed E-state index contributed by atoms with van der Waals surface area (Å²) in [6.07, 6.45) is 10.4. The molecule has 0 N–H and O–H groups in total. The van der Waals surface area contributed by atoms with Gasteiger partial charge in [-0.05, 0) is 209 Å². The lowest BCUT2D eigenvalue weighted by molar-refractivity contribution is 0.352. The van der Waals surface area contributed by atoms with Gasteiger partial charge in [0.2, 0.25) is 0 Å². The Morgan fingerprint density at radius 2 is 0.726 bits per heavy atom. The Balaban J connectivity index is 0.000000156. The van der Waals surface area contributed by atoms with Crippen LogP contribution in [0.1, 0.15) is 377 Å². The molecule has 11 aromatic rings. The fraction of sp³-hybridized carbons (Fsp3) is 0.521. The minimum Gasteiger partial charge on any atom is -0.493 e. The molecule has 0 fully saturated rings. The predicted octanol–water partition coefficient (Wildman–Crippen LogP) is 29.5. The van der Waals surface area contributed by atoms with Crippen LogP contribution >= 0.6 is 22.9 Å². The van der Waals surface area contributed by atoms with Gasteiger partial charge in [-0.2, -0.15) is 4.37 Å². The summed E-state index contributed by atoms with van der Waals surface area (Å²) < 4.78 is 23.7. The molecule has 0 radical (unpaired) electrons. The van der Waals surface area contributed by atoms with E-state index < -0.39 is 8.07 Å². The van der Waals surface area contributed by atoms with E-state index in [1.54, 1.807) is 73.4 Å². The molecule has 4 aromatic heterocycles. The Morgan fingerprint density at radius 3 is 1.21 bits per heavy atom. The molecule has 0 unspecified atom stereocenters. The van der Waals surface area contributed by atoms with Gasteiger partial charge in [0.25, 0.3) is 0 Å². The SMILES string of the molecule is CC(C)c1ccc(C(C)C)c2c1CC2.CC(C)c1ccc(C(C)C)c2c1CCO2.CC(C)c1ccc(C(C)C)c2c1CC[Si]2(C)C.CC(C)c1ccc(C(C)C)c2ocnc12.CC(C)c1ccc(C(C)C)c2oncc12.CC(C)c1ccc(C(C)C)c2scnc12.CC(C)c1ccc(C(C)C)c2sncc12. The monoisotopic (exact) mass is 1480 g/mol. The zero-order valence-electron chi connectivity index (χ0n) is 71.0. The molecule has 0 spiro atoms. The molecule has 6 heterocycles. The van der Waals surface area contributed by atoms with E-state index in [-0.39, 0.29) is 0 Å². The highest BCUT2D eigenvalue weighted by Crippen LogP contribution is 2.42. The van der Waals surface area contributed by atoms with Gasteiger partial charge in [0, 0.05) is 34.5 Å². The van der Waals surface area contributed by atoms with Crippen molar-refractivity contribution in [1.29, 1.82) is 0 Å². The largest absolute Gasteiger partial charge is 0.493 e. The molecule has 572 valence electrons. The molecule has 106 heavy (non-hydrogen) atoms. The lowest BCUT2D eigenvalue weighted by Gasteiger charge is -2.29. The molecule has 3 aliphatic rings. The quantitative estimate of drug-likeness (QED) is 0.100. The number of rotatable bonds is 14. The maximum absolute atomic E-state index is 5.78. The summed E-state index contributed by atoms with van der Waals surface area (Å²) in [4.78, 5) is 8.82. The summed E-state index contributed by atoms with van der Waals surface area (Å²) in [5, 5.41) is 8.23. The van der Waals surface area contributed by atoms with Crippen LogP contribution in [0.5, 0.6) is 5.75 Å². The van der Waals surface area contributed by atoms with Crippen LogP contribution in [0.15, 0.2) is 118 Å². The second kappa shape index (κ2) is 37.1. The van der Waals surface area contributed by atoms with Crippen molar-refractivity contribution in [3.05, 3.63) is 209 Å². The van der Waals surface area contributed by atoms with Crippen molar-refractivity contribution in [2.24, 2.45) is 0 Å². The standard InChI is InChI=1S/C16H26Si.C14H20O.C14H20.2C13H17NO.2C13H17NS/c1-11(2)13-7-8-14(12(3)4)16-15(13)9-10-17(16,5)6;1-9(2)11-5-6-12(10(3)4)14-13(11)7-8-15-14;1-9(2)11-5-6-12(10(3)4)14-8-7-13(11)14;1-8(2)10-5-6-11(9(3)4)13-12(10)14-7-15-13;1-8(2)10-5-6-11(9(3)4)13-12(10)7-14-15-13;1-8(2)10-5-6-11(9(3)4)13-12(10)14-7-15-13;1-8(2)10-5-6-11(9(3)4)13-12(10)7-14-15-13/h7-8,11-12H,9-10H2,1-6H3;5-6,9-10H,7-8H2,1-4H3;5-6,9-10H,7-8H2,1-4H3;4*5-9H,1-4H3. The third-order valence-electron chi connectivity index (χ3n) is 22.1. The minimum atomic E-state index is -1.15. The Morgan fingerprint density at radius 1 is 0.340 bits per heavy atom. The Hall–Kier alpha value is -6.72. The van der Waals surface area contributed by atoms with E-state index in [4.69, 9.17) is 13.7 Å². The van der Waals surface area contributed by atoms with Crippen molar-refractivity contribution in [2.75, 3.05) is 6.61 Å². The van der Waals surface area contributed by atoms with Crippen LogP contribution in [0.3, 0.4) is 0 Å². The summed E-state index contributed by atoms with van der Waals surface area (Å²) >= 11 is 3.39. The number of hydrogen-bond donors (Lipinski definition) is 0. The summed E-state index contributed by atoms with van der Waals surface area (Å²) in [5.74, 6) is 9.27. The molecule has 0 saturated carbocycles. The Kier molecular flexibility index (Phi) is 29.7. The van der Waals surface area contributed by atoms with Gasteiger partial charge in [-0.1, -0.05) is 302 Å².